The van der Waals surface area contributed by atoms with Crippen molar-refractivity contribution in [1.29, 1.82) is 5.26 Å². The number of piperidine rings is 1. The van der Waals surface area contributed by atoms with E-state index in [1.807, 2.05) is 25.4 Å². The normalized spacial score (nSPS) is 14.2. The van der Waals surface area contributed by atoms with Gasteiger partial charge in [0.2, 0.25) is 0 Å². The van der Waals surface area contributed by atoms with Crippen LogP contribution in [0.2, 0.25) is 0 Å². The van der Waals surface area contributed by atoms with E-state index in [9.17, 15) is 10.1 Å². The zero-order valence-electron chi connectivity index (χ0n) is 29.7. The molecule has 1 N–H and O–H groups in total. The predicted molar refractivity (Wildman–Crippen MR) is 200 cm³/mol. The first-order valence-electron chi connectivity index (χ1n) is 17.5. The van der Waals surface area contributed by atoms with Crippen molar-refractivity contribution in [3.63, 3.8) is 0 Å². The summed E-state index contributed by atoms with van der Waals surface area (Å²) in [6.07, 6.45) is 7.56. The number of pyridine rings is 2. The first-order chi connectivity index (χ1) is 24.2. The molecule has 8 nitrogen and oxygen atoms in total. The van der Waals surface area contributed by atoms with Gasteiger partial charge in [-0.15, -0.1) is 0 Å². The Morgan fingerprint density at radius 2 is 1.76 bits per heavy atom. The van der Waals surface area contributed by atoms with Crippen molar-refractivity contribution in [3.8, 4) is 11.8 Å². The summed E-state index contributed by atoms with van der Waals surface area (Å²) in [6.45, 7) is 10.6. The van der Waals surface area contributed by atoms with Crippen molar-refractivity contribution in [2.75, 3.05) is 31.6 Å². The van der Waals surface area contributed by atoms with Crippen molar-refractivity contribution in [1.82, 2.24) is 20.2 Å². The van der Waals surface area contributed by atoms with Crippen LogP contribution in [0.4, 0.5) is 11.4 Å². The number of aryl methyl sites for hydroxylation is 3. The van der Waals surface area contributed by atoms with Crippen LogP contribution < -0.4 is 15.0 Å². The number of amides is 1. The monoisotopic (exact) mass is 666 g/mol. The van der Waals surface area contributed by atoms with Gasteiger partial charge in [-0.25, -0.2) is 4.98 Å². The second-order valence-electron chi connectivity index (χ2n) is 13.4. The molecule has 1 atom stereocenters. The minimum absolute atomic E-state index is 0.132. The summed E-state index contributed by atoms with van der Waals surface area (Å²) >= 11 is 0. The van der Waals surface area contributed by atoms with Gasteiger partial charge in [-0.1, -0.05) is 30.3 Å². The average molecular weight is 667 g/mol. The molecule has 1 aliphatic heterocycles. The van der Waals surface area contributed by atoms with Gasteiger partial charge in [0.25, 0.3) is 5.91 Å². The maximum absolute atomic E-state index is 13.0. The smallest absolute Gasteiger partial charge is 0.253 e. The molecule has 2 aromatic heterocycles. The first kappa shape index (κ1) is 34.6. The van der Waals surface area contributed by atoms with Gasteiger partial charge in [0.1, 0.15) is 17.5 Å². The average Bonchev–Trinajstić information content (AvgIpc) is 3.13. The number of nitrogens with one attached hydrogen (secondary N) is 1. The van der Waals surface area contributed by atoms with Crippen LogP contribution in [0.1, 0.15) is 70.2 Å². The fourth-order valence-electron chi connectivity index (χ4n) is 7.30. The zero-order chi connectivity index (χ0) is 35.2. The van der Waals surface area contributed by atoms with Crippen LogP contribution in [0.15, 0.2) is 85.2 Å². The molecule has 1 amide bonds. The molecule has 0 bridgehead atoms. The molecule has 0 saturated carbocycles. The van der Waals surface area contributed by atoms with E-state index < -0.39 is 0 Å². The summed E-state index contributed by atoms with van der Waals surface area (Å²) in [4.78, 5) is 26.9. The minimum atomic E-state index is -0.132. The van der Waals surface area contributed by atoms with Crippen LogP contribution in [0.3, 0.4) is 0 Å². The molecular weight excluding hydrogens is 621 g/mol. The van der Waals surface area contributed by atoms with Gasteiger partial charge in [0.15, 0.2) is 0 Å². The van der Waals surface area contributed by atoms with Crippen LogP contribution in [0.5, 0.6) is 5.75 Å². The van der Waals surface area contributed by atoms with Crippen molar-refractivity contribution in [2.45, 2.75) is 65.5 Å². The summed E-state index contributed by atoms with van der Waals surface area (Å²) in [7, 11) is 1.71. The lowest BCUT2D eigenvalue weighted by Gasteiger charge is -2.42. The lowest BCUT2D eigenvalue weighted by atomic mass is 9.95. The molecule has 8 heteroatoms. The molecule has 3 heterocycles. The molecule has 50 heavy (non-hydrogen) atoms. The Balaban J connectivity index is 1.19. The Hall–Kier alpha value is -5.26. The summed E-state index contributed by atoms with van der Waals surface area (Å²) in [5.41, 5.74) is 8.45. The number of para-hydroxylation sites is 1. The lowest BCUT2D eigenvalue weighted by Crippen LogP contribution is -2.47. The third-order valence-electron chi connectivity index (χ3n) is 10.2. The van der Waals surface area contributed by atoms with E-state index in [1.165, 1.54) is 33.5 Å². The Morgan fingerprint density at radius 3 is 2.50 bits per heavy atom. The number of nitrogens with zero attached hydrogens (tertiary/aromatic N) is 5. The highest BCUT2D eigenvalue weighted by atomic mass is 16.5. The van der Waals surface area contributed by atoms with E-state index >= 15 is 0 Å². The molecule has 6 rings (SSSR count). The second-order valence-corrected chi connectivity index (χ2v) is 13.4. The topological polar surface area (TPSA) is 94.4 Å². The number of likely N-dealkylation sites (tertiary alicyclic amines) is 1. The third-order valence-corrected chi connectivity index (χ3v) is 10.2. The van der Waals surface area contributed by atoms with Gasteiger partial charge in [-0.3, -0.25) is 9.78 Å². The lowest BCUT2D eigenvalue weighted by molar-refractivity contribution is 0.0943. The van der Waals surface area contributed by atoms with Crippen LogP contribution in [-0.2, 0) is 6.42 Å². The van der Waals surface area contributed by atoms with Gasteiger partial charge in [0, 0.05) is 61.9 Å². The van der Waals surface area contributed by atoms with Crippen molar-refractivity contribution in [2.24, 2.45) is 0 Å². The van der Waals surface area contributed by atoms with E-state index in [2.05, 4.69) is 106 Å². The van der Waals surface area contributed by atoms with Gasteiger partial charge < -0.3 is 19.9 Å². The molecule has 1 aliphatic rings. The Labute approximate surface area is 295 Å². The van der Waals surface area contributed by atoms with E-state index in [0.29, 0.717) is 35.6 Å². The number of nitriles is 1. The van der Waals surface area contributed by atoms with Crippen molar-refractivity contribution < 1.29 is 9.53 Å². The zero-order valence-corrected chi connectivity index (χ0v) is 29.7. The molecule has 0 spiro atoms. The molecule has 1 saturated heterocycles. The minimum Gasteiger partial charge on any atom is -0.497 e. The maximum atomic E-state index is 13.0. The van der Waals surface area contributed by atoms with Gasteiger partial charge >= 0.3 is 0 Å². The number of benzene rings is 3. The fraction of sp³-hybridized carbons (Fsp3) is 0.333. The number of aromatic nitrogens is 2. The molecule has 0 radical (unpaired) electrons. The highest BCUT2D eigenvalue weighted by Gasteiger charge is 2.29. The molecule has 1 fully saturated rings. The maximum Gasteiger partial charge on any atom is 0.253 e. The van der Waals surface area contributed by atoms with Crippen LogP contribution in [0, 0.1) is 32.1 Å². The van der Waals surface area contributed by atoms with Crippen LogP contribution in [-0.4, -0.2) is 59.6 Å². The number of fused-ring (bicyclic) bond motifs is 1. The standard InChI is InChI=1S/C42H46N6O2/c1-28-14-18-44-27-35(28)23-34-8-6-7-9-40(34)48(38-12-10-33-25-39(50-5)13-11-32(33)24-38)37-16-20-47(21-17-37)30(3)15-19-45-42(49)41-29(2)22-36(26-43)46-31(41)4/h6-14,18,22,24-25,27,30,37H,15-17,19-21,23H2,1-5H3,(H,45,49). The van der Waals surface area contributed by atoms with Gasteiger partial charge in [-0.05, 0) is 122 Å². The third kappa shape index (κ3) is 7.64. The molecule has 3 aromatic carbocycles. The molecule has 1 unspecified atom stereocenters. The SMILES string of the molecule is COc1ccc2cc(N(c3ccccc3Cc3cnccc3C)C3CCN(C(C)CCNC(=O)c4c(C)cc(C#N)nc4C)CC3)ccc2c1. The quantitative estimate of drug-likeness (QED) is 0.154. The van der Waals surface area contributed by atoms with Crippen LogP contribution >= 0.6 is 0 Å². The molecular formula is C42H46N6O2. The number of hydrogen-bond donors (Lipinski definition) is 1. The van der Waals surface area contributed by atoms with Crippen molar-refractivity contribution in [3.05, 3.63) is 124 Å². The van der Waals surface area contributed by atoms with Gasteiger partial charge in [-0.2, -0.15) is 5.26 Å². The predicted octanol–water partition coefficient (Wildman–Crippen LogP) is 7.84. The molecule has 5 aromatic rings. The van der Waals surface area contributed by atoms with E-state index in [0.717, 1.165) is 55.5 Å². The number of methoxy groups -OCH3 is 1. The summed E-state index contributed by atoms with van der Waals surface area (Å²) in [5, 5.41) is 14.7. The van der Waals surface area contributed by atoms with E-state index in [4.69, 9.17) is 4.74 Å². The summed E-state index contributed by atoms with van der Waals surface area (Å²) in [5.74, 6) is 0.726. The summed E-state index contributed by atoms with van der Waals surface area (Å²) < 4.78 is 5.50. The molecule has 0 aliphatic carbocycles. The highest BCUT2D eigenvalue weighted by Crippen LogP contribution is 2.37. The van der Waals surface area contributed by atoms with E-state index in [-0.39, 0.29) is 5.91 Å². The number of anilines is 2. The number of hydrogen-bond acceptors (Lipinski definition) is 7. The highest BCUT2D eigenvalue weighted by molar-refractivity contribution is 5.96. The first-order valence-corrected chi connectivity index (χ1v) is 17.5. The second kappa shape index (κ2) is 15.5. The number of carbonyl (C=O) groups is 1. The molecule has 256 valence electrons. The Kier molecular flexibility index (Phi) is 10.7. The number of carbonyl (C=O) groups excluding carboxylic acids is 1. The fourth-order valence-corrected chi connectivity index (χ4v) is 7.30. The van der Waals surface area contributed by atoms with Gasteiger partial charge in [0.05, 0.1) is 18.4 Å². The van der Waals surface area contributed by atoms with Crippen molar-refractivity contribution >= 4 is 28.1 Å². The Bertz CT molecular complexity index is 2000. The van der Waals surface area contributed by atoms with E-state index in [1.54, 1.807) is 20.1 Å². The van der Waals surface area contributed by atoms with Crippen LogP contribution in [0.25, 0.3) is 10.8 Å². The Morgan fingerprint density at radius 1 is 1.00 bits per heavy atom. The summed E-state index contributed by atoms with van der Waals surface area (Å²) in [6, 6.07) is 28.3. The number of rotatable bonds is 11. The largest absolute Gasteiger partial charge is 0.497 e. The number of ether oxygens (including phenoxy) is 1.